The van der Waals surface area contributed by atoms with Gasteiger partial charge in [0.25, 0.3) is 5.91 Å². The normalized spacial score (nSPS) is 18.7. The van der Waals surface area contributed by atoms with E-state index in [1.54, 1.807) is 6.07 Å². The van der Waals surface area contributed by atoms with E-state index in [-0.39, 0.29) is 5.91 Å². The van der Waals surface area contributed by atoms with Crippen molar-refractivity contribution in [1.82, 2.24) is 4.90 Å². The highest BCUT2D eigenvalue weighted by atomic mass is 16.2. The molecular formula is C15H22N2O. The predicted molar refractivity (Wildman–Crippen MR) is 74.5 cm³/mol. The van der Waals surface area contributed by atoms with E-state index >= 15 is 0 Å². The van der Waals surface area contributed by atoms with Crippen LogP contribution in [0.2, 0.25) is 0 Å². The lowest BCUT2D eigenvalue weighted by Crippen LogP contribution is -2.41. The summed E-state index contributed by atoms with van der Waals surface area (Å²) in [5.74, 6) is 0.0844. The van der Waals surface area contributed by atoms with Gasteiger partial charge < -0.3 is 10.6 Å². The molecule has 1 saturated heterocycles. The van der Waals surface area contributed by atoms with Crippen LogP contribution in [0.15, 0.2) is 18.2 Å². The molecule has 0 atom stereocenters. The second kappa shape index (κ2) is 4.63. The Morgan fingerprint density at radius 1 is 1.28 bits per heavy atom. The van der Waals surface area contributed by atoms with Crippen LogP contribution in [0.3, 0.4) is 0 Å². The van der Waals surface area contributed by atoms with E-state index in [1.807, 2.05) is 24.0 Å². The lowest BCUT2D eigenvalue weighted by molar-refractivity contribution is 0.0630. The molecule has 0 radical (unpaired) electrons. The zero-order chi connectivity index (χ0) is 13.3. The fraction of sp³-hybridized carbons (Fsp3) is 0.533. The molecule has 1 aromatic rings. The third-order valence-corrected chi connectivity index (χ3v) is 3.92. The number of likely N-dealkylation sites (tertiary alicyclic amines) is 1. The van der Waals surface area contributed by atoms with E-state index in [0.29, 0.717) is 16.7 Å². The number of carbonyl (C=O) groups is 1. The number of hydrogen-bond donors (Lipinski definition) is 1. The molecule has 0 unspecified atom stereocenters. The van der Waals surface area contributed by atoms with Gasteiger partial charge in [-0.05, 0) is 36.8 Å². The van der Waals surface area contributed by atoms with Gasteiger partial charge in [-0.2, -0.15) is 0 Å². The van der Waals surface area contributed by atoms with E-state index in [0.717, 1.165) is 31.5 Å². The Hall–Kier alpha value is -1.51. The molecular weight excluding hydrogens is 224 g/mol. The average Bonchev–Trinajstić information content (AvgIpc) is 2.28. The number of piperidine rings is 1. The van der Waals surface area contributed by atoms with E-state index in [9.17, 15) is 4.79 Å². The van der Waals surface area contributed by atoms with E-state index in [2.05, 4.69) is 13.8 Å². The van der Waals surface area contributed by atoms with Crippen LogP contribution < -0.4 is 5.73 Å². The summed E-state index contributed by atoms with van der Waals surface area (Å²) in [4.78, 5) is 14.4. The zero-order valence-electron chi connectivity index (χ0n) is 11.5. The molecule has 0 aliphatic carbocycles. The van der Waals surface area contributed by atoms with Gasteiger partial charge in [0.05, 0.1) is 5.56 Å². The van der Waals surface area contributed by atoms with Crippen LogP contribution in [-0.4, -0.2) is 23.9 Å². The van der Waals surface area contributed by atoms with Crippen molar-refractivity contribution < 1.29 is 4.79 Å². The van der Waals surface area contributed by atoms with Crippen molar-refractivity contribution in [2.75, 3.05) is 18.8 Å². The minimum Gasteiger partial charge on any atom is -0.398 e. The number of rotatable bonds is 1. The second-order valence-electron chi connectivity index (χ2n) is 6.00. The maximum atomic E-state index is 12.5. The fourth-order valence-corrected chi connectivity index (χ4v) is 2.46. The molecule has 1 amide bonds. The molecule has 1 heterocycles. The van der Waals surface area contributed by atoms with Gasteiger partial charge in [-0.25, -0.2) is 0 Å². The molecule has 2 rings (SSSR count). The average molecular weight is 246 g/mol. The summed E-state index contributed by atoms with van der Waals surface area (Å²) >= 11 is 0. The summed E-state index contributed by atoms with van der Waals surface area (Å²) in [5, 5.41) is 0. The summed E-state index contributed by atoms with van der Waals surface area (Å²) in [6.45, 7) is 8.13. The molecule has 1 aliphatic rings. The Labute approximate surface area is 109 Å². The number of hydrogen-bond acceptors (Lipinski definition) is 2. The number of benzene rings is 1. The van der Waals surface area contributed by atoms with Crippen LogP contribution in [-0.2, 0) is 0 Å². The van der Waals surface area contributed by atoms with Crippen molar-refractivity contribution in [3.8, 4) is 0 Å². The third kappa shape index (κ3) is 2.50. The largest absolute Gasteiger partial charge is 0.398 e. The van der Waals surface area contributed by atoms with Gasteiger partial charge in [-0.3, -0.25) is 4.79 Å². The number of carbonyl (C=O) groups excluding carboxylic acids is 1. The smallest absolute Gasteiger partial charge is 0.256 e. The van der Waals surface area contributed by atoms with Crippen LogP contribution >= 0.6 is 0 Å². The molecule has 0 saturated carbocycles. The lowest BCUT2D eigenvalue weighted by atomic mass is 9.82. The fourth-order valence-electron chi connectivity index (χ4n) is 2.46. The van der Waals surface area contributed by atoms with Gasteiger partial charge >= 0.3 is 0 Å². The van der Waals surface area contributed by atoms with Crippen LogP contribution in [0.5, 0.6) is 0 Å². The maximum absolute atomic E-state index is 12.5. The Morgan fingerprint density at radius 2 is 1.89 bits per heavy atom. The number of nitrogen functional groups attached to an aromatic ring is 1. The Kier molecular flexibility index (Phi) is 3.33. The van der Waals surface area contributed by atoms with Gasteiger partial charge in [0.2, 0.25) is 0 Å². The molecule has 2 N–H and O–H groups in total. The summed E-state index contributed by atoms with van der Waals surface area (Å²) in [6, 6.07) is 5.63. The number of aryl methyl sites for hydroxylation is 1. The maximum Gasteiger partial charge on any atom is 0.256 e. The molecule has 1 aromatic carbocycles. The van der Waals surface area contributed by atoms with Crippen LogP contribution in [0, 0.1) is 12.3 Å². The number of amides is 1. The first-order valence-electron chi connectivity index (χ1n) is 6.55. The molecule has 0 spiro atoms. The zero-order valence-corrected chi connectivity index (χ0v) is 11.5. The lowest BCUT2D eigenvalue weighted by Gasteiger charge is -2.37. The van der Waals surface area contributed by atoms with E-state index in [1.165, 1.54) is 0 Å². The third-order valence-electron chi connectivity index (χ3n) is 3.92. The molecule has 1 aliphatic heterocycles. The summed E-state index contributed by atoms with van der Waals surface area (Å²) < 4.78 is 0. The molecule has 0 bridgehead atoms. The summed E-state index contributed by atoms with van der Waals surface area (Å²) in [7, 11) is 0. The highest BCUT2D eigenvalue weighted by Crippen LogP contribution is 2.31. The molecule has 3 nitrogen and oxygen atoms in total. The van der Waals surface area contributed by atoms with Gasteiger partial charge in [-0.1, -0.05) is 26.0 Å². The van der Waals surface area contributed by atoms with Gasteiger partial charge in [0, 0.05) is 18.8 Å². The van der Waals surface area contributed by atoms with Crippen molar-refractivity contribution in [2.24, 2.45) is 5.41 Å². The van der Waals surface area contributed by atoms with Gasteiger partial charge in [-0.15, -0.1) is 0 Å². The molecule has 1 fully saturated rings. The van der Waals surface area contributed by atoms with E-state index < -0.39 is 0 Å². The van der Waals surface area contributed by atoms with Gasteiger partial charge in [0.15, 0.2) is 0 Å². The number of nitrogens with zero attached hydrogens (tertiary/aromatic N) is 1. The summed E-state index contributed by atoms with van der Waals surface area (Å²) in [6.07, 6.45) is 2.12. The quantitative estimate of drug-likeness (QED) is 0.774. The first-order valence-corrected chi connectivity index (χ1v) is 6.55. The predicted octanol–water partition coefficient (Wildman–Crippen LogP) is 2.84. The highest BCUT2D eigenvalue weighted by molar-refractivity contribution is 6.00. The minimum absolute atomic E-state index is 0.0844. The standard InChI is InChI=1S/C15H22N2O/c1-11-5-4-6-12(16)13(11)14(18)17-9-7-15(2,3)8-10-17/h4-6H,7-10,16H2,1-3H3. The van der Waals surface area contributed by atoms with Crippen molar-refractivity contribution in [1.29, 1.82) is 0 Å². The van der Waals surface area contributed by atoms with Crippen LogP contribution in [0.1, 0.15) is 42.6 Å². The van der Waals surface area contributed by atoms with Crippen LogP contribution in [0.4, 0.5) is 5.69 Å². The van der Waals surface area contributed by atoms with Crippen molar-refractivity contribution in [2.45, 2.75) is 33.6 Å². The highest BCUT2D eigenvalue weighted by Gasteiger charge is 2.29. The summed E-state index contributed by atoms with van der Waals surface area (Å²) in [5.41, 5.74) is 8.52. The first-order chi connectivity index (χ1) is 8.41. The van der Waals surface area contributed by atoms with E-state index in [4.69, 9.17) is 5.73 Å². The van der Waals surface area contributed by atoms with Crippen molar-refractivity contribution >= 4 is 11.6 Å². The molecule has 18 heavy (non-hydrogen) atoms. The minimum atomic E-state index is 0.0844. The Bertz CT molecular complexity index is 435. The Balaban J connectivity index is 2.18. The Morgan fingerprint density at radius 3 is 2.44 bits per heavy atom. The number of anilines is 1. The first kappa shape index (κ1) is 12.9. The monoisotopic (exact) mass is 246 g/mol. The van der Waals surface area contributed by atoms with Crippen LogP contribution in [0.25, 0.3) is 0 Å². The molecule has 3 heteroatoms. The molecule has 0 aromatic heterocycles. The van der Waals surface area contributed by atoms with Gasteiger partial charge in [0.1, 0.15) is 0 Å². The van der Waals surface area contributed by atoms with Crippen molar-refractivity contribution in [3.63, 3.8) is 0 Å². The second-order valence-corrected chi connectivity index (χ2v) is 6.00. The van der Waals surface area contributed by atoms with Crippen molar-refractivity contribution in [3.05, 3.63) is 29.3 Å². The number of nitrogens with two attached hydrogens (primary N) is 1. The molecule has 98 valence electrons. The SMILES string of the molecule is Cc1cccc(N)c1C(=O)N1CCC(C)(C)CC1. The topological polar surface area (TPSA) is 46.3 Å².